The van der Waals surface area contributed by atoms with Crippen LogP contribution in [0.25, 0.3) is 0 Å². The van der Waals surface area contributed by atoms with Gasteiger partial charge in [-0.05, 0) is 49.2 Å². The molecule has 0 atom stereocenters. The van der Waals surface area contributed by atoms with Crippen LogP contribution in [0.1, 0.15) is 11.1 Å². The fraction of sp³-hybridized carbons (Fsp3) is 0.188. The Morgan fingerprint density at radius 1 is 1.20 bits per heavy atom. The highest BCUT2D eigenvalue weighted by atomic mass is 35.5. The lowest BCUT2D eigenvalue weighted by Gasteiger charge is -2.10. The maximum atomic E-state index is 11.9. The summed E-state index contributed by atoms with van der Waals surface area (Å²) in [4.78, 5) is 11.9. The van der Waals surface area contributed by atoms with E-state index in [-0.39, 0.29) is 12.5 Å². The van der Waals surface area contributed by atoms with Crippen molar-refractivity contribution in [3.8, 4) is 5.75 Å². The third kappa shape index (κ3) is 3.75. The van der Waals surface area contributed by atoms with E-state index in [4.69, 9.17) is 16.3 Å². The van der Waals surface area contributed by atoms with Gasteiger partial charge in [0.2, 0.25) is 0 Å². The predicted octanol–water partition coefficient (Wildman–Crippen LogP) is 3.97. The number of rotatable bonds is 4. The van der Waals surface area contributed by atoms with Gasteiger partial charge in [0.1, 0.15) is 5.75 Å². The van der Waals surface area contributed by atoms with E-state index >= 15 is 0 Å². The van der Waals surface area contributed by atoms with E-state index in [0.717, 1.165) is 11.1 Å². The summed E-state index contributed by atoms with van der Waals surface area (Å²) in [7, 11) is 0. The Kier molecular flexibility index (Phi) is 4.64. The number of amides is 1. The van der Waals surface area contributed by atoms with Gasteiger partial charge < -0.3 is 10.1 Å². The zero-order valence-corrected chi connectivity index (χ0v) is 12.2. The average Bonchev–Trinajstić information content (AvgIpc) is 2.42. The summed E-state index contributed by atoms with van der Waals surface area (Å²) < 4.78 is 5.45. The molecule has 104 valence electrons. The number of ether oxygens (including phenoxy) is 1. The fourth-order valence-corrected chi connectivity index (χ4v) is 1.96. The number of aryl methyl sites for hydroxylation is 1. The molecule has 2 aromatic carbocycles. The number of nitrogens with one attached hydrogen (secondary N) is 1. The highest BCUT2D eigenvalue weighted by Crippen LogP contribution is 2.22. The summed E-state index contributed by atoms with van der Waals surface area (Å²) in [6.07, 6.45) is 0. The second-order valence-electron chi connectivity index (χ2n) is 4.57. The second-order valence-corrected chi connectivity index (χ2v) is 4.97. The van der Waals surface area contributed by atoms with E-state index in [9.17, 15) is 4.79 Å². The summed E-state index contributed by atoms with van der Waals surface area (Å²) >= 11 is 6.01. The zero-order chi connectivity index (χ0) is 14.5. The number of carbonyl (C=O) groups is 1. The van der Waals surface area contributed by atoms with Crippen molar-refractivity contribution in [1.29, 1.82) is 0 Å². The SMILES string of the molecule is Cc1cccc(OCC(=O)Nc2cccc(Cl)c2C)c1. The molecule has 0 saturated heterocycles. The van der Waals surface area contributed by atoms with E-state index in [2.05, 4.69) is 5.32 Å². The van der Waals surface area contributed by atoms with Gasteiger partial charge in [-0.25, -0.2) is 0 Å². The molecule has 2 aromatic rings. The number of halogens is 1. The van der Waals surface area contributed by atoms with E-state index in [0.29, 0.717) is 16.5 Å². The Morgan fingerprint density at radius 2 is 1.95 bits per heavy atom. The molecule has 0 aliphatic rings. The molecule has 4 heteroatoms. The van der Waals surface area contributed by atoms with Gasteiger partial charge in [0.15, 0.2) is 6.61 Å². The third-order valence-electron chi connectivity index (χ3n) is 2.90. The maximum Gasteiger partial charge on any atom is 0.262 e. The van der Waals surface area contributed by atoms with Crippen molar-refractivity contribution in [3.05, 3.63) is 58.6 Å². The van der Waals surface area contributed by atoms with Crippen LogP contribution in [0.4, 0.5) is 5.69 Å². The minimum atomic E-state index is -0.211. The molecule has 1 amide bonds. The van der Waals surface area contributed by atoms with Gasteiger partial charge in [0.25, 0.3) is 5.91 Å². The molecule has 3 nitrogen and oxygen atoms in total. The van der Waals surface area contributed by atoms with Crippen molar-refractivity contribution >= 4 is 23.2 Å². The van der Waals surface area contributed by atoms with Crippen LogP contribution in [-0.2, 0) is 4.79 Å². The second kappa shape index (κ2) is 6.44. The standard InChI is InChI=1S/C16H16ClNO2/c1-11-5-3-6-13(9-11)20-10-16(19)18-15-8-4-7-14(17)12(15)2/h3-9H,10H2,1-2H3,(H,18,19). The molecule has 0 aliphatic carbocycles. The Hall–Kier alpha value is -2.00. The molecule has 2 rings (SSSR count). The van der Waals surface area contributed by atoms with Gasteiger partial charge in [0, 0.05) is 10.7 Å². The summed E-state index contributed by atoms with van der Waals surface area (Å²) in [6.45, 7) is 3.80. The lowest BCUT2D eigenvalue weighted by atomic mass is 10.2. The van der Waals surface area contributed by atoms with E-state index in [1.54, 1.807) is 12.1 Å². The summed E-state index contributed by atoms with van der Waals surface area (Å²) in [5.41, 5.74) is 2.64. The van der Waals surface area contributed by atoms with Crippen molar-refractivity contribution in [2.24, 2.45) is 0 Å². The van der Waals surface area contributed by atoms with Crippen LogP contribution in [0.2, 0.25) is 5.02 Å². The first kappa shape index (κ1) is 14.4. The van der Waals surface area contributed by atoms with Crippen molar-refractivity contribution in [2.45, 2.75) is 13.8 Å². The lowest BCUT2D eigenvalue weighted by Crippen LogP contribution is -2.20. The normalized spacial score (nSPS) is 10.2. The molecule has 0 unspecified atom stereocenters. The van der Waals surface area contributed by atoms with E-state index < -0.39 is 0 Å². The lowest BCUT2D eigenvalue weighted by molar-refractivity contribution is -0.118. The number of anilines is 1. The molecule has 0 radical (unpaired) electrons. The first-order valence-electron chi connectivity index (χ1n) is 6.30. The third-order valence-corrected chi connectivity index (χ3v) is 3.31. The minimum absolute atomic E-state index is 0.0323. The van der Waals surface area contributed by atoms with Crippen molar-refractivity contribution in [3.63, 3.8) is 0 Å². The Labute approximate surface area is 123 Å². The van der Waals surface area contributed by atoms with Crippen LogP contribution in [0.5, 0.6) is 5.75 Å². The first-order chi connectivity index (χ1) is 9.56. The monoisotopic (exact) mass is 289 g/mol. The molecule has 0 heterocycles. The number of carbonyl (C=O) groups excluding carboxylic acids is 1. The van der Waals surface area contributed by atoms with E-state index in [1.807, 2.05) is 44.2 Å². The summed E-state index contributed by atoms with van der Waals surface area (Å²) in [5.74, 6) is 0.472. The highest BCUT2D eigenvalue weighted by Gasteiger charge is 2.07. The van der Waals surface area contributed by atoms with Gasteiger partial charge in [-0.3, -0.25) is 4.79 Å². The molecule has 1 N–H and O–H groups in total. The predicted molar refractivity (Wildman–Crippen MR) is 81.5 cm³/mol. The number of benzene rings is 2. The molecular weight excluding hydrogens is 274 g/mol. The van der Waals surface area contributed by atoms with Crippen LogP contribution in [0, 0.1) is 13.8 Å². The van der Waals surface area contributed by atoms with Crippen LogP contribution >= 0.6 is 11.6 Å². The average molecular weight is 290 g/mol. The molecule has 0 aliphatic heterocycles. The summed E-state index contributed by atoms with van der Waals surface area (Å²) in [6, 6.07) is 13.0. The first-order valence-corrected chi connectivity index (χ1v) is 6.68. The smallest absolute Gasteiger partial charge is 0.262 e. The molecule has 0 saturated carbocycles. The van der Waals surface area contributed by atoms with Gasteiger partial charge >= 0.3 is 0 Å². The molecular formula is C16H16ClNO2. The largest absolute Gasteiger partial charge is 0.484 e. The van der Waals surface area contributed by atoms with Crippen LogP contribution in [-0.4, -0.2) is 12.5 Å². The zero-order valence-electron chi connectivity index (χ0n) is 11.4. The highest BCUT2D eigenvalue weighted by molar-refractivity contribution is 6.31. The fourth-order valence-electron chi connectivity index (χ4n) is 1.78. The van der Waals surface area contributed by atoms with Crippen LogP contribution in [0.15, 0.2) is 42.5 Å². The van der Waals surface area contributed by atoms with Crippen LogP contribution < -0.4 is 10.1 Å². The summed E-state index contributed by atoms with van der Waals surface area (Å²) in [5, 5.41) is 3.41. The van der Waals surface area contributed by atoms with Gasteiger partial charge in [-0.1, -0.05) is 29.8 Å². The Morgan fingerprint density at radius 3 is 2.70 bits per heavy atom. The molecule has 0 aromatic heterocycles. The van der Waals surface area contributed by atoms with Gasteiger partial charge in [0.05, 0.1) is 0 Å². The molecule has 0 bridgehead atoms. The Balaban J connectivity index is 1.94. The number of hydrogen-bond acceptors (Lipinski definition) is 2. The quantitative estimate of drug-likeness (QED) is 0.925. The topological polar surface area (TPSA) is 38.3 Å². The van der Waals surface area contributed by atoms with Crippen molar-refractivity contribution in [2.75, 3.05) is 11.9 Å². The van der Waals surface area contributed by atoms with Crippen LogP contribution in [0.3, 0.4) is 0 Å². The van der Waals surface area contributed by atoms with E-state index in [1.165, 1.54) is 0 Å². The number of hydrogen-bond donors (Lipinski definition) is 1. The molecule has 0 fully saturated rings. The maximum absolute atomic E-state index is 11.9. The molecule has 20 heavy (non-hydrogen) atoms. The molecule has 0 spiro atoms. The van der Waals surface area contributed by atoms with Gasteiger partial charge in [-0.15, -0.1) is 0 Å². The minimum Gasteiger partial charge on any atom is -0.484 e. The van der Waals surface area contributed by atoms with Gasteiger partial charge in [-0.2, -0.15) is 0 Å². The van der Waals surface area contributed by atoms with Crippen molar-refractivity contribution in [1.82, 2.24) is 0 Å². The Bertz CT molecular complexity index is 626. The van der Waals surface area contributed by atoms with Crippen molar-refractivity contribution < 1.29 is 9.53 Å².